The van der Waals surface area contributed by atoms with Crippen molar-refractivity contribution in [2.75, 3.05) is 5.73 Å². The van der Waals surface area contributed by atoms with Gasteiger partial charge < -0.3 is 5.73 Å². The summed E-state index contributed by atoms with van der Waals surface area (Å²) in [5, 5.41) is 8.31. The molecule has 0 unspecified atom stereocenters. The molecule has 62 valence electrons. The summed E-state index contributed by atoms with van der Waals surface area (Å²) in [6, 6.07) is 3.37. The average Bonchev–Trinajstić information content (AvgIpc) is 2.35. The van der Waals surface area contributed by atoms with E-state index in [0.29, 0.717) is 15.9 Å². The number of aromatic nitrogens is 2. The number of halogens is 2. The number of aromatic amines is 1. The molecule has 1 aromatic carbocycles. The molecule has 12 heavy (non-hydrogen) atoms. The van der Waals surface area contributed by atoms with Gasteiger partial charge in [0.05, 0.1) is 16.2 Å². The van der Waals surface area contributed by atoms with Crippen molar-refractivity contribution in [3.63, 3.8) is 0 Å². The molecule has 0 spiro atoms. The van der Waals surface area contributed by atoms with E-state index >= 15 is 0 Å². The van der Waals surface area contributed by atoms with Crippen LogP contribution < -0.4 is 5.73 Å². The highest BCUT2D eigenvalue weighted by Crippen LogP contribution is 2.28. The van der Waals surface area contributed by atoms with E-state index in [-0.39, 0.29) is 0 Å². The second-order valence-corrected chi connectivity index (χ2v) is 3.21. The third-order valence-electron chi connectivity index (χ3n) is 1.63. The first-order valence-corrected chi connectivity index (χ1v) is 4.02. The molecule has 3 nitrogen and oxygen atoms in total. The van der Waals surface area contributed by atoms with Crippen LogP contribution in [-0.4, -0.2) is 10.2 Å². The van der Waals surface area contributed by atoms with E-state index in [1.54, 1.807) is 12.1 Å². The maximum atomic E-state index is 5.79. The minimum absolute atomic E-state index is 0.479. The second-order valence-electron chi connectivity index (χ2n) is 2.43. The predicted octanol–water partition coefficient (Wildman–Crippen LogP) is 2.45. The molecule has 1 heterocycles. The van der Waals surface area contributed by atoms with Gasteiger partial charge in [0.2, 0.25) is 0 Å². The molecular formula is C7H5Cl2N3. The summed E-state index contributed by atoms with van der Waals surface area (Å²) in [4.78, 5) is 0. The second kappa shape index (κ2) is 2.54. The van der Waals surface area contributed by atoms with Gasteiger partial charge in [-0.3, -0.25) is 5.10 Å². The molecule has 0 aliphatic heterocycles. The number of rotatable bonds is 0. The highest BCUT2D eigenvalue weighted by atomic mass is 35.5. The van der Waals surface area contributed by atoms with E-state index in [9.17, 15) is 0 Å². The number of nitrogen functional groups attached to an aromatic ring is 1. The third kappa shape index (κ3) is 1.02. The fraction of sp³-hybridized carbons (Fsp3) is 0. The van der Waals surface area contributed by atoms with Crippen LogP contribution in [0.4, 0.5) is 5.69 Å². The number of hydrogen-bond donors (Lipinski definition) is 2. The first kappa shape index (κ1) is 7.71. The molecule has 0 amide bonds. The summed E-state index contributed by atoms with van der Waals surface area (Å²) >= 11 is 11.6. The molecule has 5 heteroatoms. The normalized spacial score (nSPS) is 10.8. The Morgan fingerprint density at radius 3 is 2.83 bits per heavy atom. The predicted molar refractivity (Wildman–Crippen MR) is 50.5 cm³/mol. The first-order valence-electron chi connectivity index (χ1n) is 3.27. The summed E-state index contributed by atoms with van der Waals surface area (Å²) in [5.74, 6) is 0. The number of nitrogens with zero attached hydrogens (tertiary/aromatic N) is 1. The number of nitrogens with one attached hydrogen (secondary N) is 1. The van der Waals surface area contributed by atoms with Gasteiger partial charge in [-0.15, -0.1) is 0 Å². The summed E-state index contributed by atoms with van der Waals surface area (Å²) in [7, 11) is 0. The van der Waals surface area contributed by atoms with Gasteiger partial charge in [0.15, 0.2) is 0 Å². The van der Waals surface area contributed by atoms with E-state index < -0.39 is 0 Å². The van der Waals surface area contributed by atoms with Crippen LogP contribution >= 0.6 is 23.2 Å². The largest absolute Gasteiger partial charge is 0.397 e. The van der Waals surface area contributed by atoms with Gasteiger partial charge in [0.1, 0.15) is 5.15 Å². The standard InChI is InChI=1S/C7H5Cl2N3/c8-4-1-3-6(2-5(4)10)11-12-7(3)9/h1-2H,10H2,(H,11,12). The van der Waals surface area contributed by atoms with E-state index in [2.05, 4.69) is 10.2 Å². The van der Waals surface area contributed by atoms with E-state index in [0.717, 1.165) is 10.9 Å². The number of nitrogens with two attached hydrogens (primary N) is 1. The van der Waals surface area contributed by atoms with Crippen LogP contribution in [0.15, 0.2) is 12.1 Å². The molecule has 3 N–H and O–H groups in total. The molecule has 0 radical (unpaired) electrons. The molecule has 0 aliphatic carbocycles. The van der Waals surface area contributed by atoms with Crippen molar-refractivity contribution in [1.29, 1.82) is 0 Å². The third-order valence-corrected chi connectivity index (χ3v) is 2.24. The lowest BCUT2D eigenvalue weighted by atomic mass is 10.2. The molecule has 2 aromatic rings. The molecule has 0 fully saturated rings. The Balaban J connectivity index is 2.87. The Morgan fingerprint density at radius 2 is 2.08 bits per heavy atom. The van der Waals surface area contributed by atoms with Crippen LogP contribution in [0.2, 0.25) is 10.2 Å². The molecule has 2 rings (SSSR count). The van der Waals surface area contributed by atoms with Gasteiger partial charge >= 0.3 is 0 Å². The van der Waals surface area contributed by atoms with Gasteiger partial charge in [-0.25, -0.2) is 0 Å². The van der Waals surface area contributed by atoms with Crippen LogP contribution in [0.3, 0.4) is 0 Å². The number of H-pyrrole nitrogens is 1. The van der Waals surface area contributed by atoms with Crippen LogP contribution in [0.1, 0.15) is 0 Å². The van der Waals surface area contributed by atoms with E-state index in [4.69, 9.17) is 28.9 Å². The van der Waals surface area contributed by atoms with Crippen LogP contribution in [0.25, 0.3) is 10.9 Å². The number of fused-ring (bicyclic) bond motifs is 1. The SMILES string of the molecule is Nc1cc2n[nH]c(Cl)c2cc1Cl. The lowest BCUT2D eigenvalue weighted by Gasteiger charge is -1.95. The first-order chi connectivity index (χ1) is 5.68. The summed E-state index contributed by atoms with van der Waals surface area (Å²) in [6.45, 7) is 0. The highest BCUT2D eigenvalue weighted by Gasteiger charge is 2.05. The summed E-state index contributed by atoms with van der Waals surface area (Å²) in [5.41, 5.74) is 6.80. The van der Waals surface area contributed by atoms with E-state index in [1.165, 1.54) is 0 Å². The van der Waals surface area contributed by atoms with Gasteiger partial charge in [-0.1, -0.05) is 23.2 Å². The number of anilines is 1. The summed E-state index contributed by atoms with van der Waals surface area (Å²) in [6.07, 6.45) is 0. The van der Waals surface area contributed by atoms with Crippen molar-refractivity contribution in [2.45, 2.75) is 0 Å². The van der Waals surface area contributed by atoms with Crippen molar-refractivity contribution in [3.05, 3.63) is 22.3 Å². The lowest BCUT2D eigenvalue weighted by Crippen LogP contribution is -1.85. The molecule has 1 aromatic heterocycles. The zero-order valence-corrected chi connectivity index (χ0v) is 7.45. The molecule has 0 saturated carbocycles. The van der Waals surface area contributed by atoms with Crippen molar-refractivity contribution >= 4 is 39.8 Å². The maximum absolute atomic E-state index is 5.79. The molecule has 0 aliphatic rings. The van der Waals surface area contributed by atoms with Gasteiger partial charge in [-0.05, 0) is 12.1 Å². The molecular weight excluding hydrogens is 197 g/mol. The number of hydrogen-bond acceptors (Lipinski definition) is 2. The zero-order chi connectivity index (χ0) is 8.72. The topological polar surface area (TPSA) is 54.7 Å². The quantitative estimate of drug-likeness (QED) is 0.644. The smallest absolute Gasteiger partial charge is 0.132 e. The van der Waals surface area contributed by atoms with Gasteiger partial charge in [-0.2, -0.15) is 5.10 Å². The number of benzene rings is 1. The average molecular weight is 202 g/mol. The van der Waals surface area contributed by atoms with Crippen molar-refractivity contribution in [1.82, 2.24) is 10.2 Å². The molecule has 0 atom stereocenters. The lowest BCUT2D eigenvalue weighted by molar-refractivity contribution is 1.12. The monoisotopic (exact) mass is 201 g/mol. The minimum atomic E-state index is 0.479. The summed E-state index contributed by atoms with van der Waals surface area (Å²) < 4.78 is 0. The zero-order valence-electron chi connectivity index (χ0n) is 5.94. The molecule has 0 saturated heterocycles. The Kier molecular flexibility index (Phi) is 1.63. The Bertz CT molecular complexity index is 435. The van der Waals surface area contributed by atoms with E-state index in [1.807, 2.05) is 0 Å². The van der Waals surface area contributed by atoms with Crippen LogP contribution in [0.5, 0.6) is 0 Å². The fourth-order valence-electron chi connectivity index (χ4n) is 1.02. The maximum Gasteiger partial charge on any atom is 0.132 e. The Morgan fingerprint density at radius 1 is 1.33 bits per heavy atom. The van der Waals surface area contributed by atoms with Gasteiger partial charge in [0, 0.05) is 5.39 Å². The Labute approximate surface area is 78.5 Å². The van der Waals surface area contributed by atoms with Crippen molar-refractivity contribution < 1.29 is 0 Å². The fourth-order valence-corrected chi connectivity index (χ4v) is 1.37. The van der Waals surface area contributed by atoms with Gasteiger partial charge in [0.25, 0.3) is 0 Å². The Hall–Kier alpha value is -0.930. The van der Waals surface area contributed by atoms with Crippen LogP contribution in [-0.2, 0) is 0 Å². The highest BCUT2D eigenvalue weighted by molar-refractivity contribution is 6.37. The van der Waals surface area contributed by atoms with Crippen molar-refractivity contribution in [3.8, 4) is 0 Å². The van der Waals surface area contributed by atoms with Crippen molar-refractivity contribution in [2.24, 2.45) is 0 Å². The van der Waals surface area contributed by atoms with Crippen LogP contribution in [0, 0.1) is 0 Å². The molecule has 0 bridgehead atoms. The minimum Gasteiger partial charge on any atom is -0.397 e.